The molecule has 2 aromatic carbocycles. The summed E-state index contributed by atoms with van der Waals surface area (Å²) in [5.41, 5.74) is 8.78. The minimum absolute atomic E-state index is 0.0698. The number of rotatable bonds is 7. The van der Waals surface area contributed by atoms with Crippen LogP contribution < -0.4 is 10.5 Å². The number of aromatic nitrogens is 1. The SMILES string of the molecule is C[C@@]1(c2cccc(CC(=O)c3ccc(OCc4ccc(F)cc4)cn3)c2)CCSC(N)=N1. The van der Waals surface area contributed by atoms with Gasteiger partial charge < -0.3 is 10.5 Å². The lowest BCUT2D eigenvalue weighted by atomic mass is 9.88. The zero-order chi connectivity index (χ0) is 22.6. The van der Waals surface area contributed by atoms with E-state index in [1.165, 1.54) is 18.3 Å². The fraction of sp³-hybridized carbons (Fsp3) is 0.240. The van der Waals surface area contributed by atoms with Crippen molar-refractivity contribution in [3.05, 3.63) is 95.1 Å². The molecule has 32 heavy (non-hydrogen) atoms. The van der Waals surface area contributed by atoms with Crippen LogP contribution in [0.4, 0.5) is 4.39 Å². The number of ether oxygens (including phenoxy) is 1. The van der Waals surface area contributed by atoms with Crippen LogP contribution in [-0.2, 0) is 18.6 Å². The van der Waals surface area contributed by atoms with Crippen LogP contribution in [0.3, 0.4) is 0 Å². The quantitative estimate of drug-likeness (QED) is 0.520. The number of halogens is 1. The fourth-order valence-corrected chi connectivity index (χ4v) is 4.54. The van der Waals surface area contributed by atoms with Gasteiger partial charge in [-0.25, -0.2) is 9.37 Å². The van der Waals surface area contributed by atoms with Crippen molar-refractivity contribution in [2.24, 2.45) is 10.7 Å². The van der Waals surface area contributed by atoms with E-state index in [9.17, 15) is 9.18 Å². The van der Waals surface area contributed by atoms with Crippen molar-refractivity contribution in [2.75, 3.05) is 5.75 Å². The van der Waals surface area contributed by atoms with Gasteiger partial charge in [0.05, 0.1) is 11.7 Å². The van der Waals surface area contributed by atoms with Crippen LogP contribution in [0.25, 0.3) is 0 Å². The van der Waals surface area contributed by atoms with E-state index in [1.807, 2.05) is 24.3 Å². The molecule has 0 spiro atoms. The van der Waals surface area contributed by atoms with Crippen LogP contribution in [0.5, 0.6) is 5.75 Å². The number of carbonyl (C=O) groups excluding carboxylic acids is 1. The Morgan fingerprint density at radius 2 is 1.97 bits per heavy atom. The summed E-state index contributed by atoms with van der Waals surface area (Å²) in [6.45, 7) is 2.37. The summed E-state index contributed by atoms with van der Waals surface area (Å²) in [7, 11) is 0. The van der Waals surface area contributed by atoms with E-state index in [-0.39, 0.29) is 23.6 Å². The van der Waals surface area contributed by atoms with Gasteiger partial charge in [0.1, 0.15) is 23.9 Å². The molecule has 0 fully saturated rings. The molecule has 4 rings (SSSR count). The van der Waals surface area contributed by atoms with Crippen molar-refractivity contribution in [3.8, 4) is 5.75 Å². The van der Waals surface area contributed by atoms with Crippen molar-refractivity contribution < 1.29 is 13.9 Å². The summed E-state index contributed by atoms with van der Waals surface area (Å²) >= 11 is 1.57. The maximum atomic E-state index is 13.0. The second-order valence-corrected chi connectivity index (χ2v) is 9.03. The summed E-state index contributed by atoms with van der Waals surface area (Å²) in [6, 6.07) is 17.5. The van der Waals surface area contributed by atoms with Crippen LogP contribution in [0.2, 0.25) is 0 Å². The average molecular weight is 450 g/mol. The Bertz CT molecular complexity index is 1130. The van der Waals surface area contributed by atoms with Crippen LogP contribution in [0.1, 0.15) is 40.5 Å². The Morgan fingerprint density at radius 1 is 1.16 bits per heavy atom. The molecule has 0 bridgehead atoms. The number of Topliss-reactive ketones (excluding diaryl/α,β-unsaturated/α-hetero) is 1. The van der Waals surface area contributed by atoms with Gasteiger partial charge in [-0.05, 0) is 54.3 Å². The normalized spacial score (nSPS) is 18.1. The van der Waals surface area contributed by atoms with E-state index in [2.05, 4.69) is 16.9 Å². The highest BCUT2D eigenvalue weighted by Crippen LogP contribution is 2.35. The molecule has 1 aliphatic heterocycles. The Morgan fingerprint density at radius 3 is 2.69 bits per heavy atom. The average Bonchev–Trinajstić information content (AvgIpc) is 2.79. The number of carbonyl (C=O) groups is 1. The molecule has 5 nitrogen and oxygen atoms in total. The first kappa shape index (κ1) is 22.0. The molecule has 7 heteroatoms. The third kappa shape index (κ3) is 5.34. The van der Waals surface area contributed by atoms with Crippen molar-refractivity contribution in [3.63, 3.8) is 0 Å². The number of hydrogen-bond acceptors (Lipinski definition) is 6. The lowest BCUT2D eigenvalue weighted by molar-refractivity contribution is 0.0988. The Balaban J connectivity index is 1.40. The van der Waals surface area contributed by atoms with Crippen LogP contribution in [0.15, 0.2) is 71.9 Å². The first-order valence-corrected chi connectivity index (χ1v) is 11.3. The maximum Gasteiger partial charge on any atom is 0.185 e. The number of aliphatic imine (C=N–C) groups is 1. The molecule has 1 aromatic heterocycles. The van der Waals surface area contributed by atoms with Crippen molar-refractivity contribution in [2.45, 2.75) is 31.9 Å². The van der Waals surface area contributed by atoms with E-state index in [4.69, 9.17) is 10.5 Å². The minimum Gasteiger partial charge on any atom is -0.487 e. The largest absolute Gasteiger partial charge is 0.487 e. The standard InChI is InChI=1S/C25H24FN3O2S/c1-25(11-12-32-24(27)29-25)19-4-2-3-18(13-19)14-23(30)22-10-9-21(15-28-22)31-16-17-5-7-20(26)8-6-17/h2-10,13,15H,11-12,14,16H2,1H3,(H2,27,29)/t25-/m0/s1. The molecule has 1 aliphatic rings. The molecule has 1 atom stereocenters. The van der Waals surface area contributed by atoms with Crippen LogP contribution in [-0.4, -0.2) is 21.7 Å². The first-order chi connectivity index (χ1) is 15.4. The summed E-state index contributed by atoms with van der Waals surface area (Å²) in [5.74, 6) is 1.12. The third-order valence-corrected chi connectivity index (χ3v) is 6.25. The van der Waals surface area contributed by atoms with E-state index in [0.29, 0.717) is 23.2 Å². The van der Waals surface area contributed by atoms with E-state index >= 15 is 0 Å². The zero-order valence-corrected chi connectivity index (χ0v) is 18.6. The summed E-state index contributed by atoms with van der Waals surface area (Å²) in [5, 5.41) is 0.603. The zero-order valence-electron chi connectivity index (χ0n) is 17.8. The third-order valence-electron chi connectivity index (χ3n) is 5.45. The number of ketones is 1. The van der Waals surface area contributed by atoms with E-state index < -0.39 is 0 Å². The second kappa shape index (κ2) is 9.53. The van der Waals surface area contributed by atoms with Crippen LogP contribution in [0, 0.1) is 5.82 Å². The molecule has 0 radical (unpaired) electrons. The van der Waals surface area contributed by atoms with Gasteiger partial charge in [0.25, 0.3) is 0 Å². The second-order valence-electron chi connectivity index (χ2n) is 7.92. The van der Waals surface area contributed by atoms with Gasteiger partial charge in [0, 0.05) is 12.2 Å². The first-order valence-electron chi connectivity index (χ1n) is 10.4. The predicted molar refractivity (Wildman–Crippen MR) is 125 cm³/mol. The molecule has 3 aromatic rings. The lowest BCUT2D eigenvalue weighted by Crippen LogP contribution is -2.28. The number of hydrogen-bond donors (Lipinski definition) is 1. The van der Waals surface area contributed by atoms with Crippen molar-refractivity contribution in [1.82, 2.24) is 4.98 Å². The van der Waals surface area contributed by atoms with Gasteiger partial charge in [-0.1, -0.05) is 48.2 Å². The number of nitrogens with two attached hydrogens (primary N) is 1. The van der Waals surface area contributed by atoms with Crippen molar-refractivity contribution >= 4 is 22.7 Å². The van der Waals surface area contributed by atoms with Crippen molar-refractivity contribution in [1.29, 1.82) is 0 Å². The molecule has 0 amide bonds. The number of pyridine rings is 1. The molecule has 0 saturated carbocycles. The Kier molecular flexibility index (Phi) is 6.55. The highest BCUT2D eigenvalue weighted by atomic mass is 32.2. The molecule has 0 unspecified atom stereocenters. The summed E-state index contributed by atoms with van der Waals surface area (Å²) in [6.07, 6.45) is 2.68. The van der Waals surface area contributed by atoms with Gasteiger partial charge in [0.2, 0.25) is 0 Å². The predicted octanol–water partition coefficient (Wildman–Crippen LogP) is 4.89. The lowest BCUT2D eigenvalue weighted by Gasteiger charge is -2.30. The smallest absolute Gasteiger partial charge is 0.185 e. The summed E-state index contributed by atoms with van der Waals surface area (Å²) < 4.78 is 18.7. The maximum absolute atomic E-state index is 13.0. The minimum atomic E-state index is -0.365. The van der Waals surface area contributed by atoms with Crippen LogP contribution >= 0.6 is 11.8 Å². The molecule has 2 N–H and O–H groups in total. The monoisotopic (exact) mass is 449 g/mol. The highest BCUT2D eigenvalue weighted by Gasteiger charge is 2.29. The molecule has 2 heterocycles. The number of nitrogens with zero attached hydrogens (tertiary/aromatic N) is 2. The van der Waals surface area contributed by atoms with Gasteiger partial charge in [0.15, 0.2) is 11.0 Å². The fourth-order valence-electron chi connectivity index (χ4n) is 3.56. The van der Waals surface area contributed by atoms with Gasteiger partial charge in [-0.3, -0.25) is 9.79 Å². The number of thioether (sulfide) groups is 1. The van der Waals surface area contributed by atoms with E-state index in [0.717, 1.165) is 28.9 Å². The molecule has 164 valence electrons. The molecule has 0 aliphatic carbocycles. The van der Waals surface area contributed by atoms with Gasteiger partial charge in [-0.2, -0.15) is 0 Å². The Labute approximate surface area is 190 Å². The molecular weight excluding hydrogens is 425 g/mol. The van der Waals surface area contributed by atoms with Gasteiger partial charge >= 0.3 is 0 Å². The molecular formula is C25H24FN3O2S. The molecule has 0 saturated heterocycles. The highest BCUT2D eigenvalue weighted by molar-refractivity contribution is 8.13. The Hall–Kier alpha value is -3.19. The number of benzene rings is 2. The topological polar surface area (TPSA) is 77.6 Å². The summed E-state index contributed by atoms with van der Waals surface area (Å²) in [4.78, 5) is 21.7. The van der Waals surface area contributed by atoms with Gasteiger partial charge in [-0.15, -0.1) is 0 Å². The number of amidine groups is 1. The van der Waals surface area contributed by atoms with E-state index in [1.54, 1.807) is 36.0 Å².